The van der Waals surface area contributed by atoms with Gasteiger partial charge in [-0.2, -0.15) is 16.1 Å². The number of rotatable bonds is 3. The molecule has 1 saturated heterocycles. The molecule has 1 fully saturated rings. The Morgan fingerprint density at radius 1 is 1.22 bits per heavy atom. The molecule has 4 nitrogen and oxygen atoms in total. The summed E-state index contributed by atoms with van der Waals surface area (Å²) in [6.45, 7) is 1.15. The van der Waals surface area contributed by atoms with Crippen LogP contribution >= 0.6 is 24.0 Å². The smallest absolute Gasteiger partial charge is 0.243 e. The van der Waals surface area contributed by atoms with Gasteiger partial charge in [0.2, 0.25) is 10.0 Å². The highest BCUT2D eigenvalue weighted by molar-refractivity contribution is 7.99. The molecule has 0 bridgehead atoms. The van der Waals surface area contributed by atoms with Gasteiger partial charge in [-0.05, 0) is 12.1 Å². The summed E-state index contributed by atoms with van der Waals surface area (Å²) < 4.78 is 26.2. The average Bonchev–Trinajstić information content (AvgIpc) is 2.40. The Hall–Kier alpha value is -0.630. The van der Waals surface area contributed by atoms with Crippen LogP contribution in [-0.2, 0) is 10.0 Å². The highest BCUT2D eigenvalue weighted by atomic mass is 32.2. The minimum absolute atomic E-state index is 0.272. The van der Waals surface area contributed by atoms with E-state index in [1.54, 1.807) is 36.0 Å². The SMILES string of the molecule is NC(=S)c1ccc(S(=O)(=O)N2CCSCC2)cc1. The molecular weight excluding hydrogens is 288 g/mol. The molecule has 18 heavy (non-hydrogen) atoms. The second-order valence-corrected chi connectivity index (χ2v) is 7.51. The summed E-state index contributed by atoms with van der Waals surface area (Å²) >= 11 is 6.62. The number of hydrogen-bond donors (Lipinski definition) is 1. The first-order chi connectivity index (χ1) is 8.51. The molecule has 1 aliphatic rings. The summed E-state index contributed by atoms with van der Waals surface area (Å²) in [7, 11) is -3.37. The van der Waals surface area contributed by atoms with Crippen LogP contribution in [-0.4, -0.2) is 42.3 Å². The standard InChI is InChI=1S/C11H14N2O2S3/c12-11(16)9-1-3-10(4-2-9)18(14,15)13-5-7-17-8-6-13/h1-4H,5-8H2,(H2,12,16). The van der Waals surface area contributed by atoms with Crippen molar-refractivity contribution in [3.05, 3.63) is 29.8 Å². The highest BCUT2D eigenvalue weighted by Gasteiger charge is 2.25. The van der Waals surface area contributed by atoms with Gasteiger partial charge in [0, 0.05) is 30.2 Å². The molecule has 1 aliphatic heterocycles. The Morgan fingerprint density at radius 2 is 1.78 bits per heavy atom. The van der Waals surface area contributed by atoms with Gasteiger partial charge in [0.15, 0.2) is 0 Å². The fourth-order valence-electron chi connectivity index (χ4n) is 1.73. The van der Waals surface area contributed by atoms with E-state index in [0.29, 0.717) is 23.5 Å². The van der Waals surface area contributed by atoms with Gasteiger partial charge in [-0.15, -0.1) is 0 Å². The Labute approximate surface area is 117 Å². The second kappa shape index (κ2) is 5.56. The number of thiocarbonyl (C=S) groups is 1. The molecule has 98 valence electrons. The largest absolute Gasteiger partial charge is 0.389 e. The summed E-state index contributed by atoms with van der Waals surface area (Å²) in [6.07, 6.45) is 0. The van der Waals surface area contributed by atoms with Crippen molar-refractivity contribution in [3.8, 4) is 0 Å². The maximum Gasteiger partial charge on any atom is 0.243 e. The Kier molecular flexibility index (Phi) is 4.26. The first-order valence-corrected chi connectivity index (χ1v) is 8.50. The molecule has 0 aliphatic carbocycles. The second-order valence-electron chi connectivity index (χ2n) is 3.91. The van der Waals surface area contributed by atoms with Crippen molar-refractivity contribution in [1.29, 1.82) is 0 Å². The van der Waals surface area contributed by atoms with E-state index in [9.17, 15) is 8.42 Å². The summed E-state index contributed by atoms with van der Waals surface area (Å²) in [4.78, 5) is 0.572. The van der Waals surface area contributed by atoms with Gasteiger partial charge < -0.3 is 5.73 Å². The van der Waals surface area contributed by atoms with Crippen LogP contribution in [0.3, 0.4) is 0 Å². The normalized spacial score (nSPS) is 17.6. The lowest BCUT2D eigenvalue weighted by molar-refractivity contribution is 0.443. The first kappa shape index (κ1) is 13.8. The van der Waals surface area contributed by atoms with Crippen LogP contribution < -0.4 is 5.73 Å². The molecular formula is C11H14N2O2S3. The van der Waals surface area contributed by atoms with E-state index >= 15 is 0 Å². The Morgan fingerprint density at radius 3 is 2.28 bits per heavy atom. The van der Waals surface area contributed by atoms with Gasteiger partial charge in [-0.25, -0.2) is 8.42 Å². The van der Waals surface area contributed by atoms with Gasteiger partial charge in [-0.3, -0.25) is 0 Å². The van der Waals surface area contributed by atoms with Gasteiger partial charge in [-0.1, -0.05) is 24.4 Å². The molecule has 1 heterocycles. The number of nitrogens with two attached hydrogens (primary N) is 1. The Bertz CT molecular complexity index is 534. The predicted octanol–water partition coefficient (Wildman–Crippen LogP) is 1.06. The number of benzene rings is 1. The first-order valence-electron chi connectivity index (χ1n) is 5.49. The Balaban J connectivity index is 2.26. The molecule has 0 amide bonds. The monoisotopic (exact) mass is 302 g/mol. The zero-order valence-electron chi connectivity index (χ0n) is 9.70. The van der Waals surface area contributed by atoms with E-state index in [-0.39, 0.29) is 4.99 Å². The zero-order chi connectivity index (χ0) is 13.2. The van der Waals surface area contributed by atoms with E-state index in [1.165, 1.54) is 4.31 Å². The van der Waals surface area contributed by atoms with Crippen molar-refractivity contribution in [2.75, 3.05) is 24.6 Å². The minimum Gasteiger partial charge on any atom is -0.389 e. The van der Waals surface area contributed by atoms with Crippen LogP contribution in [0.2, 0.25) is 0 Å². The van der Waals surface area contributed by atoms with Crippen molar-refractivity contribution in [2.24, 2.45) is 5.73 Å². The van der Waals surface area contributed by atoms with Crippen LogP contribution in [0.4, 0.5) is 0 Å². The van der Waals surface area contributed by atoms with E-state index < -0.39 is 10.0 Å². The third kappa shape index (κ3) is 2.85. The molecule has 1 aromatic rings. The van der Waals surface area contributed by atoms with Crippen molar-refractivity contribution < 1.29 is 8.42 Å². The van der Waals surface area contributed by atoms with E-state index in [1.807, 2.05) is 0 Å². The topological polar surface area (TPSA) is 63.4 Å². The maximum atomic E-state index is 12.3. The molecule has 7 heteroatoms. The van der Waals surface area contributed by atoms with Crippen molar-refractivity contribution in [3.63, 3.8) is 0 Å². The number of thioether (sulfide) groups is 1. The summed E-state index contributed by atoms with van der Waals surface area (Å²) in [5.41, 5.74) is 6.16. The van der Waals surface area contributed by atoms with Gasteiger partial charge in [0.25, 0.3) is 0 Å². The van der Waals surface area contributed by atoms with E-state index in [0.717, 1.165) is 11.5 Å². The summed E-state index contributed by atoms with van der Waals surface area (Å²) in [5, 5.41) is 0. The molecule has 0 radical (unpaired) electrons. The van der Waals surface area contributed by atoms with Crippen LogP contribution in [0, 0.1) is 0 Å². The molecule has 0 saturated carbocycles. The molecule has 0 unspecified atom stereocenters. The minimum atomic E-state index is -3.37. The average molecular weight is 302 g/mol. The van der Waals surface area contributed by atoms with Gasteiger partial charge in [0.05, 0.1) is 4.90 Å². The fourth-order valence-corrected chi connectivity index (χ4v) is 4.44. The van der Waals surface area contributed by atoms with E-state index in [4.69, 9.17) is 18.0 Å². The summed E-state index contributed by atoms with van der Waals surface area (Å²) in [6, 6.07) is 6.42. The molecule has 0 aromatic heterocycles. The van der Waals surface area contributed by atoms with Crippen LogP contribution in [0.5, 0.6) is 0 Å². The number of sulfonamides is 1. The fraction of sp³-hybridized carbons (Fsp3) is 0.364. The maximum absolute atomic E-state index is 12.3. The predicted molar refractivity (Wildman–Crippen MR) is 78.4 cm³/mol. The highest BCUT2D eigenvalue weighted by Crippen LogP contribution is 2.20. The van der Waals surface area contributed by atoms with Crippen molar-refractivity contribution in [1.82, 2.24) is 4.31 Å². The third-order valence-corrected chi connectivity index (χ3v) is 5.84. The zero-order valence-corrected chi connectivity index (χ0v) is 12.2. The van der Waals surface area contributed by atoms with Crippen molar-refractivity contribution in [2.45, 2.75) is 4.90 Å². The molecule has 1 aromatic carbocycles. The van der Waals surface area contributed by atoms with Crippen LogP contribution in [0.15, 0.2) is 29.2 Å². The molecule has 0 spiro atoms. The lowest BCUT2D eigenvalue weighted by Crippen LogP contribution is -2.37. The number of hydrogen-bond acceptors (Lipinski definition) is 4. The third-order valence-electron chi connectivity index (χ3n) is 2.75. The summed E-state index contributed by atoms with van der Waals surface area (Å²) in [5.74, 6) is 1.70. The van der Waals surface area contributed by atoms with Crippen LogP contribution in [0.1, 0.15) is 5.56 Å². The lowest BCUT2D eigenvalue weighted by Gasteiger charge is -2.25. The quantitative estimate of drug-likeness (QED) is 0.846. The van der Waals surface area contributed by atoms with Crippen molar-refractivity contribution >= 4 is 39.0 Å². The molecule has 2 rings (SSSR count). The van der Waals surface area contributed by atoms with E-state index in [2.05, 4.69) is 0 Å². The molecule has 2 N–H and O–H groups in total. The number of nitrogens with zero attached hydrogens (tertiary/aromatic N) is 1. The molecule has 0 atom stereocenters. The lowest BCUT2D eigenvalue weighted by atomic mass is 10.2. The van der Waals surface area contributed by atoms with Gasteiger partial charge >= 0.3 is 0 Å². The van der Waals surface area contributed by atoms with Gasteiger partial charge in [0.1, 0.15) is 4.99 Å². The van der Waals surface area contributed by atoms with Crippen LogP contribution in [0.25, 0.3) is 0 Å².